The summed E-state index contributed by atoms with van der Waals surface area (Å²) >= 11 is 0. The molecule has 2 heteroatoms. The third-order valence-electron chi connectivity index (χ3n) is 3.46. The van der Waals surface area contributed by atoms with E-state index >= 15 is 0 Å². The third-order valence-corrected chi connectivity index (χ3v) is 3.46. The number of carbonyl (C=O) groups excluding carboxylic acids is 1. The third kappa shape index (κ3) is 7.75. The number of hydrogen-bond donors (Lipinski definition) is 1. The normalized spacial score (nSPS) is 9.73. The van der Waals surface area contributed by atoms with Crippen molar-refractivity contribution in [3.63, 3.8) is 0 Å². The summed E-state index contributed by atoms with van der Waals surface area (Å²) in [7, 11) is 0. The Bertz CT molecular complexity index is 505. The van der Waals surface area contributed by atoms with Crippen molar-refractivity contribution in [3.8, 4) is 0 Å². The van der Waals surface area contributed by atoms with E-state index in [2.05, 4.69) is 19.1 Å². The maximum absolute atomic E-state index is 10.4. The van der Waals surface area contributed by atoms with Gasteiger partial charge in [-0.3, -0.25) is 4.79 Å². The zero-order valence-electron chi connectivity index (χ0n) is 13.5. The number of aryl methyl sites for hydroxylation is 1. The molecule has 2 aromatic rings. The summed E-state index contributed by atoms with van der Waals surface area (Å²) in [5.74, 6) is 0. The summed E-state index contributed by atoms with van der Waals surface area (Å²) in [5, 5.41) is 0. The van der Waals surface area contributed by atoms with Crippen molar-refractivity contribution in [2.75, 3.05) is 6.54 Å². The molecule has 0 bridgehead atoms. The summed E-state index contributed by atoms with van der Waals surface area (Å²) < 4.78 is 0. The summed E-state index contributed by atoms with van der Waals surface area (Å²) in [6.07, 6.45) is 6.79. The summed E-state index contributed by atoms with van der Waals surface area (Å²) in [4.78, 5) is 10.4. The molecule has 0 saturated heterocycles. The molecule has 0 aliphatic heterocycles. The van der Waals surface area contributed by atoms with Gasteiger partial charge in [-0.05, 0) is 36.9 Å². The first-order chi connectivity index (χ1) is 10.8. The predicted molar refractivity (Wildman–Crippen MR) is 94.3 cm³/mol. The molecule has 0 aliphatic rings. The maximum Gasteiger partial charge on any atom is 0.150 e. The maximum atomic E-state index is 10.4. The van der Waals surface area contributed by atoms with Crippen molar-refractivity contribution in [2.45, 2.75) is 39.0 Å². The standard InChI is InChI=1S/C12H16O.C8H11N/c1-2-3-4-5-11-6-8-12(10-13)9-7-11;9-7-6-8-4-2-1-3-5-8/h6-10H,2-5H2,1H3;1-5H,6-7,9H2. The van der Waals surface area contributed by atoms with Gasteiger partial charge in [0.2, 0.25) is 0 Å². The molecule has 0 amide bonds. The molecule has 0 spiro atoms. The second kappa shape index (κ2) is 11.7. The van der Waals surface area contributed by atoms with Crippen LogP contribution in [0.1, 0.15) is 47.7 Å². The molecule has 2 nitrogen and oxygen atoms in total. The lowest BCUT2D eigenvalue weighted by atomic mass is 10.1. The van der Waals surface area contributed by atoms with E-state index in [9.17, 15) is 4.79 Å². The second-order valence-electron chi connectivity index (χ2n) is 5.34. The van der Waals surface area contributed by atoms with Crippen molar-refractivity contribution in [3.05, 3.63) is 71.3 Å². The monoisotopic (exact) mass is 297 g/mol. The van der Waals surface area contributed by atoms with E-state index in [-0.39, 0.29) is 0 Å². The molecule has 22 heavy (non-hydrogen) atoms. The Morgan fingerprint density at radius 2 is 1.50 bits per heavy atom. The van der Waals surface area contributed by atoms with Gasteiger partial charge in [-0.2, -0.15) is 0 Å². The molecule has 0 aromatic heterocycles. The number of carbonyl (C=O) groups is 1. The lowest BCUT2D eigenvalue weighted by Crippen LogP contribution is -2.01. The highest BCUT2D eigenvalue weighted by Crippen LogP contribution is 2.07. The Kier molecular flexibility index (Phi) is 9.64. The van der Waals surface area contributed by atoms with Gasteiger partial charge in [0, 0.05) is 5.56 Å². The highest BCUT2D eigenvalue weighted by atomic mass is 16.1. The molecule has 0 fully saturated rings. The minimum Gasteiger partial charge on any atom is -0.330 e. The molecule has 0 saturated carbocycles. The van der Waals surface area contributed by atoms with Gasteiger partial charge in [-0.1, -0.05) is 74.4 Å². The van der Waals surface area contributed by atoms with Crippen LogP contribution < -0.4 is 5.73 Å². The number of aldehydes is 1. The molecule has 118 valence electrons. The largest absolute Gasteiger partial charge is 0.330 e. The van der Waals surface area contributed by atoms with Crippen LogP contribution in [0, 0.1) is 0 Å². The van der Waals surface area contributed by atoms with Gasteiger partial charge in [0.25, 0.3) is 0 Å². The van der Waals surface area contributed by atoms with Gasteiger partial charge in [0.05, 0.1) is 0 Å². The van der Waals surface area contributed by atoms with Crippen LogP contribution in [0.25, 0.3) is 0 Å². The number of nitrogens with two attached hydrogens (primary N) is 1. The van der Waals surface area contributed by atoms with Crippen LogP contribution in [0.15, 0.2) is 54.6 Å². The lowest BCUT2D eigenvalue weighted by molar-refractivity contribution is 0.112. The molecule has 0 atom stereocenters. The minimum absolute atomic E-state index is 0.740. The van der Waals surface area contributed by atoms with Gasteiger partial charge in [-0.15, -0.1) is 0 Å². The van der Waals surface area contributed by atoms with E-state index in [0.717, 1.165) is 31.2 Å². The van der Waals surface area contributed by atoms with Gasteiger partial charge in [0.15, 0.2) is 0 Å². The molecular weight excluding hydrogens is 270 g/mol. The van der Waals surface area contributed by atoms with Gasteiger partial charge < -0.3 is 5.73 Å². The van der Waals surface area contributed by atoms with Crippen LogP contribution in [-0.4, -0.2) is 12.8 Å². The van der Waals surface area contributed by atoms with Crippen LogP contribution in [-0.2, 0) is 12.8 Å². The average Bonchev–Trinajstić information content (AvgIpc) is 2.58. The van der Waals surface area contributed by atoms with Crippen molar-refractivity contribution < 1.29 is 4.79 Å². The Hall–Kier alpha value is -1.93. The molecule has 2 aromatic carbocycles. The van der Waals surface area contributed by atoms with Crippen LogP contribution in [0.4, 0.5) is 0 Å². The zero-order chi connectivity index (χ0) is 16.0. The Morgan fingerprint density at radius 1 is 0.864 bits per heavy atom. The quantitative estimate of drug-likeness (QED) is 0.607. The van der Waals surface area contributed by atoms with Gasteiger partial charge >= 0.3 is 0 Å². The zero-order valence-corrected chi connectivity index (χ0v) is 13.5. The fourth-order valence-corrected chi connectivity index (χ4v) is 2.15. The predicted octanol–water partition coefficient (Wildman–Crippen LogP) is 4.42. The second-order valence-corrected chi connectivity index (χ2v) is 5.34. The number of benzene rings is 2. The van der Waals surface area contributed by atoms with E-state index in [1.165, 1.54) is 30.4 Å². The van der Waals surface area contributed by atoms with Gasteiger partial charge in [-0.25, -0.2) is 0 Å². The van der Waals surface area contributed by atoms with Crippen LogP contribution >= 0.6 is 0 Å². The molecular formula is C20H27NO. The van der Waals surface area contributed by atoms with E-state index < -0.39 is 0 Å². The highest BCUT2D eigenvalue weighted by Gasteiger charge is 1.93. The molecule has 0 heterocycles. The smallest absolute Gasteiger partial charge is 0.150 e. The first-order valence-electron chi connectivity index (χ1n) is 8.08. The topological polar surface area (TPSA) is 43.1 Å². The summed E-state index contributed by atoms with van der Waals surface area (Å²) in [5.41, 5.74) is 8.78. The van der Waals surface area contributed by atoms with Crippen LogP contribution in [0.5, 0.6) is 0 Å². The van der Waals surface area contributed by atoms with Crippen LogP contribution in [0.2, 0.25) is 0 Å². The van der Waals surface area contributed by atoms with Gasteiger partial charge in [0.1, 0.15) is 6.29 Å². The molecule has 2 N–H and O–H groups in total. The lowest BCUT2D eigenvalue weighted by Gasteiger charge is -1.99. The SMILES string of the molecule is CCCCCc1ccc(C=O)cc1.NCCc1ccccc1. The molecule has 2 rings (SSSR count). The highest BCUT2D eigenvalue weighted by molar-refractivity contribution is 5.74. The fourth-order valence-electron chi connectivity index (χ4n) is 2.15. The first-order valence-corrected chi connectivity index (χ1v) is 8.08. The number of rotatable bonds is 7. The Balaban J connectivity index is 0.000000235. The van der Waals surface area contributed by atoms with E-state index in [0.29, 0.717) is 0 Å². The summed E-state index contributed by atoms with van der Waals surface area (Å²) in [6, 6.07) is 18.1. The van der Waals surface area contributed by atoms with Crippen molar-refractivity contribution in [1.82, 2.24) is 0 Å². The van der Waals surface area contributed by atoms with Crippen molar-refractivity contribution >= 4 is 6.29 Å². The van der Waals surface area contributed by atoms with E-state index in [1.807, 2.05) is 42.5 Å². The molecule has 0 aliphatic carbocycles. The van der Waals surface area contributed by atoms with E-state index in [4.69, 9.17) is 5.73 Å². The molecule has 0 unspecified atom stereocenters. The number of hydrogen-bond acceptors (Lipinski definition) is 2. The molecule has 0 radical (unpaired) electrons. The Labute approximate surface area is 134 Å². The van der Waals surface area contributed by atoms with Crippen molar-refractivity contribution in [1.29, 1.82) is 0 Å². The average molecular weight is 297 g/mol. The fraction of sp³-hybridized carbons (Fsp3) is 0.350. The minimum atomic E-state index is 0.740. The number of unbranched alkanes of at least 4 members (excludes halogenated alkanes) is 2. The summed E-state index contributed by atoms with van der Waals surface area (Å²) in [6.45, 7) is 2.94. The van der Waals surface area contributed by atoms with Crippen LogP contribution in [0.3, 0.4) is 0 Å². The van der Waals surface area contributed by atoms with E-state index in [1.54, 1.807) is 0 Å². The Morgan fingerprint density at radius 3 is 2.05 bits per heavy atom. The first kappa shape index (κ1) is 18.1. The van der Waals surface area contributed by atoms with Crippen molar-refractivity contribution in [2.24, 2.45) is 5.73 Å².